The summed E-state index contributed by atoms with van der Waals surface area (Å²) in [5.74, 6) is 0.273. The zero-order chi connectivity index (χ0) is 27.0. The number of hydrogen-bond donors (Lipinski definition) is 1. The smallest absolute Gasteiger partial charge is 0.437 e. The van der Waals surface area contributed by atoms with Crippen LogP contribution in [0.2, 0.25) is 0 Å². The fourth-order valence-corrected chi connectivity index (χ4v) is 6.42. The second kappa shape index (κ2) is 13.6. The maximum atomic E-state index is 13.8. The molecule has 4 rings (SSSR count). The van der Waals surface area contributed by atoms with Crippen molar-refractivity contribution >= 4 is 18.0 Å². The van der Waals surface area contributed by atoms with Crippen LogP contribution in [0.1, 0.15) is 77.6 Å². The molecule has 2 amide bonds. The van der Waals surface area contributed by atoms with Gasteiger partial charge in [0.25, 0.3) is 0 Å². The Balaban J connectivity index is 1.54. The largest absolute Gasteiger partial charge is 0.445 e. The van der Waals surface area contributed by atoms with Gasteiger partial charge in [-0.3, -0.25) is 4.79 Å². The van der Waals surface area contributed by atoms with Crippen molar-refractivity contribution in [1.82, 2.24) is 20.0 Å². The molecule has 10 nitrogen and oxygen atoms in total. The second-order valence-corrected chi connectivity index (χ2v) is 11.4. The molecular formula is C28H46N6O4. The molecule has 2 saturated heterocycles. The van der Waals surface area contributed by atoms with Gasteiger partial charge >= 0.3 is 6.09 Å². The molecule has 212 valence electrons. The van der Waals surface area contributed by atoms with Crippen LogP contribution >= 0.6 is 0 Å². The third-order valence-corrected chi connectivity index (χ3v) is 8.79. The van der Waals surface area contributed by atoms with E-state index in [-0.39, 0.29) is 24.0 Å². The predicted molar refractivity (Wildman–Crippen MR) is 145 cm³/mol. The molecule has 0 aromatic heterocycles. The number of nitrogens with one attached hydrogen (secondary N) is 1. The number of amides is 2. The molecular weight excluding hydrogens is 484 g/mol. The van der Waals surface area contributed by atoms with Gasteiger partial charge in [-0.2, -0.15) is 5.26 Å². The first kappa shape index (κ1) is 28.6. The van der Waals surface area contributed by atoms with E-state index in [1.807, 2.05) is 7.05 Å². The summed E-state index contributed by atoms with van der Waals surface area (Å²) in [6.07, 6.45) is 9.40. The van der Waals surface area contributed by atoms with Crippen molar-refractivity contribution in [2.45, 2.75) is 95.2 Å². The minimum Gasteiger partial charge on any atom is -0.445 e. The average Bonchev–Trinajstić information content (AvgIpc) is 2.95. The monoisotopic (exact) mass is 530 g/mol. The van der Waals surface area contributed by atoms with Crippen LogP contribution in [0.4, 0.5) is 4.79 Å². The van der Waals surface area contributed by atoms with Gasteiger partial charge in [-0.15, -0.1) is 4.99 Å². The first-order chi connectivity index (χ1) is 18.4. The molecule has 0 radical (unpaired) electrons. The Morgan fingerprint density at radius 3 is 2.37 bits per heavy atom. The standard InChI is InChI=1S/C28H46N6O4/c1-3-34(26(33-17-19-37-20-18-33)30-27(36)38-22-9-5-4-6-10-22)24-12-8-7-11-23(24)25(35)31-28(21-29)13-15-32(2)16-14-28/h22-24H,3-20H2,1-2H3,(H,31,35). The van der Waals surface area contributed by atoms with E-state index in [9.17, 15) is 14.9 Å². The summed E-state index contributed by atoms with van der Waals surface area (Å²) in [6, 6.07) is 2.33. The summed E-state index contributed by atoms with van der Waals surface area (Å²) in [5, 5.41) is 13.2. The average molecular weight is 531 g/mol. The van der Waals surface area contributed by atoms with Crippen LogP contribution in [-0.4, -0.2) is 103 Å². The number of piperidine rings is 1. The number of guanidine groups is 1. The van der Waals surface area contributed by atoms with Crippen molar-refractivity contribution in [3.8, 4) is 6.07 Å². The van der Waals surface area contributed by atoms with Crippen LogP contribution in [0.15, 0.2) is 4.99 Å². The molecule has 0 spiro atoms. The first-order valence-electron chi connectivity index (χ1n) is 14.7. The van der Waals surface area contributed by atoms with Gasteiger partial charge in [0.15, 0.2) is 0 Å². The predicted octanol–water partition coefficient (Wildman–Crippen LogP) is 3.13. The van der Waals surface area contributed by atoms with E-state index >= 15 is 0 Å². The molecule has 1 N–H and O–H groups in total. The number of carbonyl (C=O) groups excluding carboxylic acids is 2. The maximum Gasteiger partial charge on any atom is 0.437 e. The number of carbonyl (C=O) groups is 2. The Morgan fingerprint density at radius 1 is 1.05 bits per heavy atom. The van der Waals surface area contributed by atoms with Crippen LogP contribution in [0.5, 0.6) is 0 Å². The number of likely N-dealkylation sites (tertiary alicyclic amines) is 1. The first-order valence-corrected chi connectivity index (χ1v) is 14.7. The van der Waals surface area contributed by atoms with E-state index in [4.69, 9.17) is 9.47 Å². The Morgan fingerprint density at radius 2 is 1.71 bits per heavy atom. The number of rotatable bonds is 5. The van der Waals surface area contributed by atoms with E-state index < -0.39 is 11.6 Å². The van der Waals surface area contributed by atoms with E-state index in [1.54, 1.807) is 0 Å². The normalized spacial score (nSPS) is 27.3. The zero-order valence-corrected chi connectivity index (χ0v) is 23.3. The van der Waals surface area contributed by atoms with Gasteiger partial charge in [0.1, 0.15) is 11.6 Å². The van der Waals surface area contributed by atoms with Crippen LogP contribution < -0.4 is 5.32 Å². The number of ether oxygens (including phenoxy) is 2. The Kier molecular flexibility index (Phi) is 10.3. The lowest BCUT2D eigenvalue weighted by Crippen LogP contribution is -2.60. The minimum absolute atomic E-state index is 0.0506. The van der Waals surface area contributed by atoms with Crippen LogP contribution in [0.3, 0.4) is 0 Å². The lowest BCUT2D eigenvalue weighted by atomic mass is 9.81. The Labute approximate surface area is 227 Å². The molecule has 2 atom stereocenters. The molecule has 2 aliphatic heterocycles. The van der Waals surface area contributed by atoms with E-state index in [1.165, 1.54) is 6.42 Å². The molecule has 2 aliphatic carbocycles. The van der Waals surface area contributed by atoms with Crippen LogP contribution in [-0.2, 0) is 14.3 Å². The number of hydrogen-bond acceptors (Lipinski definition) is 6. The quantitative estimate of drug-likeness (QED) is 0.426. The van der Waals surface area contributed by atoms with Crippen LogP contribution in [0.25, 0.3) is 0 Å². The molecule has 2 saturated carbocycles. The third kappa shape index (κ3) is 7.17. The highest BCUT2D eigenvalue weighted by atomic mass is 16.6. The van der Waals surface area contributed by atoms with E-state index in [0.717, 1.165) is 64.5 Å². The number of morpholine rings is 1. The van der Waals surface area contributed by atoms with Gasteiger partial charge < -0.3 is 29.5 Å². The molecule has 0 aromatic carbocycles. The zero-order valence-electron chi connectivity index (χ0n) is 23.3. The van der Waals surface area contributed by atoms with Gasteiger partial charge in [0.05, 0.1) is 25.2 Å². The molecule has 38 heavy (non-hydrogen) atoms. The summed E-state index contributed by atoms with van der Waals surface area (Å²) in [4.78, 5) is 37.8. The summed E-state index contributed by atoms with van der Waals surface area (Å²) in [6.45, 7) is 6.68. The molecule has 10 heteroatoms. The number of nitriles is 1. The summed E-state index contributed by atoms with van der Waals surface area (Å²) < 4.78 is 11.4. The number of nitrogens with zero attached hydrogens (tertiary/aromatic N) is 5. The highest BCUT2D eigenvalue weighted by molar-refractivity contribution is 5.91. The van der Waals surface area contributed by atoms with Gasteiger partial charge in [0.2, 0.25) is 11.9 Å². The summed E-state index contributed by atoms with van der Waals surface area (Å²) in [5.41, 5.74) is -0.812. The maximum absolute atomic E-state index is 13.8. The van der Waals surface area contributed by atoms with Crippen molar-refractivity contribution in [1.29, 1.82) is 5.26 Å². The van der Waals surface area contributed by atoms with Gasteiger partial charge in [-0.05, 0) is 65.3 Å². The highest BCUT2D eigenvalue weighted by Gasteiger charge is 2.42. The Bertz CT molecular complexity index is 869. The van der Waals surface area contributed by atoms with Crippen molar-refractivity contribution in [3.63, 3.8) is 0 Å². The third-order valence-electron chi connectivity index (χ3n) is 8.79. The summed E-state index contributed by atoms with van der Waals surface area (Å²) in [7, 11) is 2.05. The minimum atomic E-state index is -0.812. The lowest BCUT2D eigenvalue weighted by molar-refractivity contribution is -0.129. The number of aliphatic imine (C=N–C) groups is 1. The molecule has 2 heterocycles. The molecule has 2 unspecified atom stereocenters. The molecule has 0 bridgehead atoms. The Hall–Kier alpha value is -2.38. The van der Waals surface area contributed by atoms with Gasteiger partial charge in [0, 0.05) is 38.8 Å². The fraction of sp³-hybridized carbons (Fsp3) is 0.857. The van der Waals surface area contributed by atoms with E-state index in [0.29, 0.717) is 51.6 Å². The topological polar surface area (TPSA) is 110 Å². The molecule has 4 fully saturated rings. The fourth-order valence-electron chi connectivity index (χ4n) is 6.42. The van der Waals surface area contributed by atoms with Gasteiger partial charge in [-0.25, -0.2) is 4.79 Å². The van der Waals surface area contributed by atoms with Crippen molar-refractivity contribution in [2.24, 2.45) is 10.9 Å². The van der Waals surface area contributed by atoms with Crippen molar-refractivity contribution < 1.29 is 19.1 Å². The highest BCUT2D eigenvalue weighted by Crippen LogP contribution is 2.32. The summed E-state index contributed by atoms with van der Waals surface area (Å²) >= 11 is 0. The van der Waals surface area contributed by atoms with E-state index in [2.05, 4.69) is 38.0 Å². The second-order valence-electron chi connectivity index (χ2n) is 11.4. The van der Waals surface area contributed by atoms with Crippen LogP contribution in [0, 0.1) is 17.2 Å². The van der Waals surface area contributed by atoms with Crippen molar-refractivity contribution in [2.75, 3.05) is 53.0 Å². The molecule has 4 aliphatic rings. The SMILES string of the molecule is CCN(C(=NC(=O)OC1CCCCC1)N1CCOCC1)C1CCCCC1C(=O)NC1(C#N)CCN(C)CC1. The van der Waals surface area contributed by atoms with Crippen molar-refractivity contribution in [3.05, 3.63) is 0 Å². The van der Waals surface area contributed by atoms with Gasteiger partial charge in [-0.1, -0.05) is 19.3 Å². The molecule has 0 aromatic rings. The lowest BCUT2D eigenvalue weighted by Gasteiger charge is -2.45.